The van der Waals surface area contributed by atoms with Crippen LogP contribution in [0.1, 0.15) is 72.5 Å². The lowest BCUT2D eigenvalue weighted by atomic mass is 9.85. The molecule has 2 aliphatic rings. The number of rotatable bonds is 8. The minimum absolute atomic E-state index is 0.0329. The number of hydrogen-bond donors (Lipinski definition) is 3. The van der Waals surface area contributed by atoms with Crippen LogP contribution in [0.15, 0.2) is 24.5 Å². The number of piperidine rings is 1. The van der Waals surface area contributed by atoms with Gasteiger partial charge in [0.05, 0.1) is 17.0 Å². The Labute approximate surface area is 220 Å². The number of nitrogens with two attached hydrogens (primary N) is 1. The lowest BCUT2D eigenvalue weighted by Crippen LogP contribution is -2.39. The minimum atomic E-state index is -0.710. The molecule has 200 valence electrons. The largest absolute Gasteiger partial charge is 0.364 e. The molecular weight excluding hydrogens is 499 g/mol. The quantitative estimate of drug-likeness (QED) is 0.479. The van der Waals surface area contributed by atoms with Gasteiger partial charge in [-0.25, -0.2) is 9.37 Å². The second-order valence-corrected chi connectivity index (χ2v) is 10.5. The van der Waals surface area contributed by atoms with Crippen molar-refractivity contribution in [2.75, 3.05) is 31.5 Å². The van der Waals surface area contributed by atoms with Crippen LogP contribution in [0.5, 0.6) is 0 Å². The molecule has 3 amide bonds. The van der Waals surface area contributed by atoms with Gasteiger partial charge >= 0.3 is 0 Å². The third-order valence-corrected chi connectivity index (χ3v) is 7.79. The summed E-state index contributed by atoms with van der Waals surface area (Å²) in [5, 5.41) is 5.78. The molecule has 4 rings (SSSR count). The number of amides is 3. The number of nitrogens with zero attached hydrogens (tertiary/aromatic N) is 3. The maximum atomic E-state index is 13.3. The number of nitrogens with one attached hydrogen (secondary N) is 2. The van der Waals surface area contributed by atoms with E-state index in [1.807, 2.05) is 0 Å². The molecular formula is C26H34ClFN6O3. The standard InChI is InChI=1S/C26H34ClFN6O3/c1-16-8-11-33(12-9-16)13-10-30-26(37)22-23(24(29)35)34(15-31-22)19-5-2-17(3-6-19)25(36)32-21-7-4-18(28)14-20(21)27/h4,7,14-17,19H,2-3,5-6,8-13H2,1H3,(H2,29,35)(H,30,37)(H,32,36)/t17-,19-. The Balaban J connectivity index is 1.33. The first-order valence-electron chi connectivity index (χ1n) is 12.9. The molecule has 11 heteroatoms. The molecule has 2 fully saturated rings. The molecule has 0 unspecified atom stereocenters. The summed E-state index contributed by atoms with van der Waals surface area (Å²) in [4.78, 5) is 44.4. The average molecular weight is 533 g/mol. The zero-order valence-electron chi connectivity index (χ0n) is 21.0. The van der Waals surface area contributed by atoms with E-state index in [1.54, 1.807) is 4.57 Å². The summed E-state index contributed by atoms with van der Waals surface area (Å²) in [5.41, 5.74) is 6.15. The Bertz CT molecular complexity index is 1140. The van der Waals surface area contributed by atoms with Gasteiger partial charge in [-0.2, -0.15) is 0 Å². The molecule has 0 atom stereocenters. The zero-order valence-corrected chi connectivity index (χ0v) is 21.8. The first-order valence-corrected chi connectivity index (χ1v) is 13.2. The summed E-state index contributed by atoms with van der Waals surface area (Å²) in [7, 11) is 0. The Morgan fingerprint density at radius 2 is 1.84 bits per heavy atom. The number of likely N-dealkylation sites (tertiary alicyclic amines) is 1. The summed E-state index contributed by atoms with van der Waals surface area (Å²) in [5.74, 6) is -1.29. The molecule has 1 saturated carbocycles. The molecule has 1 aliphatic heterocycles. The summed E-state index contributed by atoms with van der Waals surface area (Å²) in [6, 6.07) is 3.72. The molecule has 1 aromatic carbocycles. The highest BCUT2D eigenvalue weighted by Crippen LogP contribution is 2.34. The van der Waals surface area contributed by atoms with E-state index >= 15 is 0 Å². The lowest BCUT2D eigenvalue weighted by Gasteiger charge is -2.30. The number of imidazole rings is 1. The maximum absolute atomic E-state index is 13.3. The predicted molar refractivity (Wildman–Crippen MR) is 139 cm³/mol. The molecule has 1 aromatic heterocycles. The summed E-state index contributed by atoms with van der Waals surface area (Å²) >= 11 is 6.02. The Morgan fingerprint density at radius 1 is 1.14 bits per heavy atom. The van der Waals surface area contributed by atoms with Gasteiger partial charge in [-0.05, 0) is 75.7 Å². The van der Waals surface area contributed by atoms with Gasteiger partial charge in [0.2, 0.25) is 5.91 Å². The van der Waals surface area contributed by atoms with Gasteiger partial charge in [0.15, 0.2) is 5.69 Å². The van der Waals surface area contributed by atoms with E-state index in [4.69, 9.17) is 17.3 Å². The first kappa shape index (κ1) is 27.1. The van der Waals surface area contributed by atoms with Gasteiger partial charge in [0, 0.05) is 25.0 Å². The molecule has 0 radical (unpaired) electrons. The van der Waals surface area contributed by atoms with Crippen LogP contribution in [0.3, 0.4) is 0 Å². The number of carbonyl (C=O) groups is 3. The monoisotopic (exact) mass is 532 g/mol. The third-order valence-electron chi connectivity index (χ3n) is 7.48. The number of halogens is 2. The van der Waals surface area contributed by atoms with Crippen LogP contribution >= 0.6 is 11.6 Å². The van der Waals surface area contributed by atoms with Crippen molar-refractivity contribution in [3.63, 3.8) is 0 Å². The molecule has 4 N–H and O–H groups in total. The number of anilines is 1. The van der Waals surface area contributed by atoms with Crippen molar-refractivity contribution in [1.29, 1.82) is 0 Å². The van der Waals surface area contributed by atoms with Crippen molar-refractivity contribution in [2.45, 2.75) is 51.5 Å². The van der Waals surface area contributed by atoms with E-state index in [1.165, 1.54) is 18.5 Å². The zero-order chi connectivity index (χ0) is 26.5. The molecule has 37 heavy (non-hydrogen) atoms. The van der Waals surface area contributed by atoms with Crippen molar-refractivity contribution < 1.29 is 18.8 Å². The average Bonchev–Trinajstić information content (AvgIpc) is 3.33. The summed E-state index contributed by atoms with van der Waals surface area (Å²) in [6.07, 6.45) is 6.18. The maximum Gasteiger partial charge on any atom is 0.272 e. The van der Waals surface area contributed by atoms with Crippen molar-refractivity contribution in [1.82, 2.24) is 19.8 Å². The van der Waals surface area contributed by atoms with Gasteiger partial charge < -0.3 is 25.8 Å². The van der Waals surface area contributed by atoms with Crippen LogP contribution in [0.25, 0.3) is 0 Å². The minimum Gasteiger partial charge on any atom is -0.364 e. The first-order chi connectivity index (χ1) is 17.7. The van der Waals surface area contributed by atoms with Gasteiger partial charge in [-0.1, -0.05) is 18.5 Å². The van der Waals surface area contributed by atoms with E-state index in [-0.39, 0.29) is 34.3 Å². The van der Waals surface area contributed by atoms with Gasteiger partial charge in [0.1, 0.15) is 11.5 Å². The highest BCUT2D eigenvalue weighted by Gasteiger charge is 2.31. The SMILES string of the molecule is CC1CCN(CCNC(=O)c2ncn([C@H]3CC[C@H](C(=O)Nc4ccc(F)cc4Cl)CC3)c2C(N)=O)CC1. The second-order valence-electron chi connectivity index (χ2n) is 10.1. The topological polar surface area (TPSA) is 122 Å². The van der Waals surface area contributed by atoms with E-state index < -0.39 is 17.6 Å². The van der Waals surface area contributed by atoms with E-state index in [0.717, 1.165) is 44.5 Å². The molecule has 2 aromatic rings. The molecule has 0 spiro atoms. The number of carbonyl (C=O) groups excluding carboxylic acids is 3. The van der Waals surface area contributed by atoms with Crippen molar-refractivity contribution in [3.8, 4) is 0 Å². The smallest absolute Gasteiger partial charge is 0.272 e. The van der Waals surface area contributed by atoms with Crippen LogP contribution < -0.4 is 16.4 Å². The van der Waals surface area contributed by atoms with Gasteiger partial charge in [0.25, 0.3) is 11.8 Å². The lowest BCUT2D eigenvalue weighted by molar-refractivity contribution is -0.121. The van der Waals surface area contributed by atoms with Crippen LogP contribution in [-0.4, -0.2) is 58.4 Å². The number of aromatic nitrogens is 2. The number of benzene rings is 1. The highest BCUT2D eigenvalue weighted by molar-refractivity contribution is 6.33. The fourth-order valence-electron chi connectivity index (χ4n) is 5.19. The molecule has 2 heterocycles. The van der Waals surface area contributed by atoms with Crippen molar-refractivity contribution >= 4 is 35.0 Å². The Hall–Kier alpha value is -2.98. The van der Waals surface area contributed by atoms with E-state index in [9.17, 15) is 18.8 Å². The molecule has 1 aliphatic carbocycles. The molecule has 1 saturated heterocycles. The fourth-order valence-corrected chi connectivity index (χ4v) is 5.40. The van der Waals surface area contributed by atoms with Gasteiger partial charge in [-0.15, -0.1) is 0 Å². The van der Waals surface area contributed by atoms with Gasteiger partial charge in [-0.3, -0.25) is 14.4 Å². The Kier molecular flexibility index (Phi) is 8.81. The van der Waals surface area contributed by atoms with E-state index in [0.29, 0.717) is 37.9 Å². The highest BCUT2D eigenvalue weighted by atomic mass is 35.5. The third kappa shape index (κ3) is 6.67. The second kappa shape index (κ2) is 12.0. The molecule has 0 bridgehead atoms. The molecule has 9 nitrogen and oxygen atoms in total. The number of primary amides is 1. The fraction of sp³-hybridized carbons (Fsp3) is 0.538. The normalized spacial score (nSPS) is 20.9. The van der Waals surface area contributed by atoms with Crippen LogP contribution in [0, 0.1) is 17.7 Å². The summed E-state index contributed by atoms with van der Waals surface area (Å²) in [6.45, 7) is 5.52. The van der Waals surface area contributed by atoms with Crippen LogP contribution in [-0.2, 0) is 4.79 Å². The van der Waals surface area contributed by atoms with E-state index in [2.05, 4.69) is 27.4 Å². The van der Waals surface area contributed by atoms with Crippen LogP contribution in [0.2, 0.25) is 5.02 Å². The van der Waals surface area contributed by atoms with Crippen molar-refractivity contribution in [3.05, 3.63) is 46.8 Å². The van der Waals surface area contributed by atoms with Crippen molar-refractivity contribution in [2.24, 2.45) is 17.6 Å². The van der Waals surface area contributed by atoms with Crippen LogP contribution in [0.4, 0.5) is 10.1 Å². The Morgan fingerprint density at radius 3 is 2.49 bits per heavy atom. The summed E-state index contributed by atoms with van der Waals surface area (Å²) < 4.78 is 14.9. The predicted octanol–water partition coefficient (Wildman–Crippen LogP) is 3.61. The number of hydrogen-bond acceptors (Lipinski definition) is 5.